The smallest absolute Gasteiger partial charge is 0.129 e. The lowest BCUT2D eigenvalue weighted by Gasteiger charge is -2.16. The fraction of sp³-hybridized carbons (Fsp3) is 0.500. The van der Waals surface area contributed by atoms with Crippen molar-refractivity contribution < 1.29 is 4.84 Å². The molecule has 1 saturated carbocycles. The molecule has 1 N–H and O–H groups in total. The maximum atomic E-state index is 5.48. The molecule has 0 aliphatic heterocycles. The van der Waals surface area contributed by atoms with Crippen LogP contribution in [0.3, 0.4) is 0 Å². The van der Waals surface area contributed by atoms with E-state index in [1.165, 1.54) is 24.0 Å². The quantitative estimate of drug-likeness (QED) is 0.633. The molecular formula is C18H26N2O. The molecule has 0 unspecified atom stereocenters. The van der Waals surface area contributed by atoms with E-state index in [1.54, 1.807) is 0 Å². The third-order valence-corrected chi connectivity index (χ3v) is 3.54. The molecule has 1 fully saturated rings. The molecule has 1 aliphatic rings. The Balaban J connectivity index is 1.94. The second kappa shape index (κ2) is 8.63. The lowest BCUT2D eigenvalue weighted by atomic mass is 9.91. The van der Waals surface area contributed by atoms with Gasteiger partial charge in [0.1, 0.15) is 6.61 Å². The highest BCUT2D eigenvalue weighted by Crippen LogP contribution is 2.23. The Morgan fingerprint density at radius 1 is 1.19 bits per heavy atom. The molecule has 21 heavy (non-hydrogen) atoms. The van der Waals surface area contributed by atoms with Gasteiger partial charge in [0.25, 0.3) is 0 Å². The summed E-state index contributed by atoms with van der Waals surface area (Å²) in [7, 11) is 0. The molecule has 0 amide bonds. The normalized spacial score (nSPS) is 19.4. The first kappa shape index (κ1) is 15.8. The average molecular weight is 286 g/mol. The Hall–Kier alpha value is -1.61. The second-order valence-corrected chi connectivity index (χ2v) is 5.77. The minimum absolute atomic E-state index is 0.490. The van der Waals surface area contributed by atoms with Crippen LogP contribution in [0.15, 0.2) is 41.1 Å². The zero-order valence-corrected chi connectivity index (χ0v) is 13.1. The first-order valence-corrected chi connectivity index (χ1v) is 7.94. The fourth-order valence-electron chi connectivity index (χ4n) is 2.44. The van der Waals surface area contributed by atoms with Gasteiger partial charge in [0.05, 0.1) is 5.71 Å². The van der Waals surface area contributed by atoms with Gasteiger partial charge in [0.15, 0.2) is 0 Å². The number of oxime groups is 1. The highest BCUT2D eigenvalue weighted by molar-refractivity contribution is 6.03. The molecule has 0 bridgehead atoms. The van der Waals surface area contributed by atoms with Crippen LogP contribution in [-0.2, 0) is 4.84 Å². The fourth-order valence-corrected chi connectivity index (χ4v) is 2.44. The predicted octanol–water partition coefficient (Wildman–Crippen LogP) is 4.01. The molecular weight excluding hydrogens is 260 g/mol. The molecule has 114 valence electrons. The number of hydrogen-bond acceptors (Lipinski definition) is 3. The lowest BCUT2D eigenvalue weighted by molar-refractivity contribution is 0.143. The Kier molecular flexibility index (Phi) is 6.48. The van der Waals surface area contributed by atoms with Crippen LogP contribution in [0.5, 0.6) is 0 Å². The van der Waals surface area contributed by atoms with Gasteiger partial charge in [-0.1, -0.05) is 49.3 Å². The molecule has 3 nitrogen and oxygen atoms in total. The average Bonchev–Trinajstić information content (AvgIpc) is 2.49. The molecule has 0 radical (unpaired) electrons. The molecule has 3 heteroatoms. The van der Waals surface area contributed by atoms with Crippen LogP contribution in [0, 0.1) is 0 Å². The standard InChI is InChI=1S/C18H26N2O/c1-15(2)19-12-13-21-20-18-11-7-6-10-17(18)14-16-8-4-3-5-9-16/h3-5,8-9,14-15,19H,6-7,10-13H2,1-2H3/b17-14+,20-18+. The summed E-state index contributed by atoms with van der Waals surface area (Å²) in [6.07, 6.45) is 6.82. The highest BCUT2D eigenvalue weighted by Gasteiger charge is 2.14. The number of hydrogen-bond donors (Lipinski definition) is 1. The highest BCUT2D eigenvalue weighted by atomic mass is 16.6. The monoisotopic (exact) mass is 286 g/mol. The van der Waals surface area contributed by atoms with Gasteiger partial charge in [-0.3, -0.25) is 0 Å². The van der Waals surface area contributed by atoms with Gasteiger partial charge in [-0.2, -0.15) is 0 Å². The Morgan fingerprint density at radius 3 is 2.71 bits per heavy atom. The maximum Gasteiger partial charge on any atom is 0.129 e. The van der Waals surface area contributed by atoms with E-state index in [0.29, 0.717) is 12.6 Å². The zero-order chi connectivity index (χ0) is 14.9. The van der Waals surface area contributed by atoms with E-state index in [4.69, 9.17) is 4.84 Å². The molecule has 1 aromatic rings. The van der Waals surface area contributed by atoms with Crippen molar-refractivity contribution in [2.24, 2.45) is 5.16 Å². The van der Waals surface area contributed by atoms with Gasteiger partial charge in [0.2, 0.25) is 0 Å². The van der Waals surface area contributed by atoms with E-state index < -0.39 is 0 Å². The summed E-state index contributed by atoms with van der Waals surface area (Å²) in [6, 6.07) is 10.9. The number of nitrogens with zero attached hydrogens (tertiary/aromatic N) is 1. The van der Waals surface area contributed by atoms with E-state index in [9.17, 15) is 0 Å². The lowest BCUT2D eigenvalue weighted by Crippen LogP contribution is -2.26. The van der Waals surface area contributed by atoms with Crippen molar-refractivity contribution in [1.82, 2.24) is 5.32 Å². The van der Waals surface area contributed by atoms with Crippen molar-refractivity contribution in [3.05, 3.63) is 41.5 Å². The number of rotatable bonds is 6. The zero-order valence-electron chi connectivity index (χ0n) is 13.1. The van der Waals surface area contributed by atoms with Crippen molar-refractivity contribution in [3.8, 4) is 0 Å². The van der Waals surface area contributed by atoms with E-state index in [1.807, 2.05) is 6.07 Å². The van der Waals surface area contributed by atoms with Crippen LogP contribution in [0.2, 0.25) is 0 Å². The summed E-state index contributed by atoms with van der Waals surface area (Å²) in [6.45, 7) is 5.73. The molecule has 1 aromatic carbocycles. The summed E-state index contributed by atoms with van der Waals surface area (Å²) in [5, 5.41) is 7.69. The summed E-state index contributed by atoms with van der Waals surface area (Å²) in [5.41, 5.74) is 3.68. The van der Waals surface area contributed by atoms with Crippen molar-refractivity contribution in [1.29, 1.82) is 0 Å². The van der Waals surface area contributed by atoms with Gasteiger partial charge in [-0.25, -0.2) is 0 Å². The summed E-state index contributed by atoms with van der Waals surface area (Å²) in [4.78, 5) is 5.48. The van der Waals surface area contributed by atoms with Crippen molar-refractivity contribution in [3.63, 3.8) is 0 Å². The molecule has 0 atom stereocenters. The second-order valence-electron chi connectivity index (χ2n) is 5.77. The van der Waals surface area contributed by atoms with Crippen LogP contribution in [-0.4, -0.2) is 24.9 Å². The van der Waals surface area contributed by atoms with E-state index >= 15 is 0 Å². The van der Waals surface area contributed by atoms with E-state index in [-0.39, 0.29) is 0 Å². The summed E-state index contributed by atoms with van der Waals surface area (Å²) < 4.78 is 0. The topological polar surface area (TPSA) is 33.6 Å². The van der Waals surface area contributed by atoms with Gasteiger partial charge in [0, 0.05) is 12.6 Å². The SMILES string of the molecule is CC(C)NCCO/N=C1\CCCC\C1=C/c1ccccc1. The Bertz CT molecular complexity index is 477. The number of allylic oxidation sites excluding steroid dienone is 1. The van der Waals surface area contributed by atoms with Crippen LogP contribution in [0.1, 0.15) is 45.1 Å². The van der Waals surface area contributed by atoms with E-state index in [2.05, 4.69) is 54.7 Å². The third kappa shape index (κ3) is 5.72. The van der Waals surface area contributed by atoms with Crippen LogP contribution in [0.25, 0.3) is 6.08 Å². The van der Waals surface area contributed by atoms with Crippen molar-refractivity contribution >= 4 is 11.8 Å². The summed E-state index contributed by atoms with van der Waals surface area (Å²) in [5.74, 6) is 0. The first-order valence-electron chi connectivity index (χ1n) is 7.94. The molecule has 2 rings (SSSR count). The summed E-state index contributed by atoms with van der Waals surface area (Å²) >= 11 is 0. The first-order chi connectivity index (χ1) is 10.3. The van der Waals surface area contributed by atoms with Crippen molar-refractivity contribution in [2.45, 2.75) is 45.6 Å². The third-order valence-electron chi connectivity index (χ3n) is 3.54. The van der Waals surface area contributed by atoms with Crippen LogP contribution >= 0.6 is 0 Å². The van der Waals surface area contributed by atoms with E-state index in [0.717, 1.165) is 25.1 Å². The largest absolute Gasteiger partial charge is 0.394 e. The van der Waals surface area contributed by atoms with Gasteiger partial charge >= 0.3 is 0 Å². The molecule has 0 aromatic heterocycles. The predicted molar refractivity (Wildman–Crippen MR) is 89.4 cm³/mol. The Morgan fingerprint density at radius 2 is 1.95 bits per heavy atom. The minimum Gasteiger partial charge on any atom is -0.394 e. The Labute approximate surface area is 128 Å². The molecule has 0 heterocycles. The van der Waals surface area contributed by atoms with Crippen LogP contribution in [0.4, 0.5) is 0 Å². The molecule has 0 spiro atoms. The van der Waals surface area contributed by atoms with Gasteiger partial charge in [-0.05, 0) is 42.9 Å². The van der Waals surface area contributed by atoms with Gasteiger partial charge < -0.3 is 10.2 Å². The number of benzene rings is 1. The molecule has 0 saturated heterocycles. The van der Waals surface area contributed by atoms with Crippen molar-refractivity contribution in [2.75, 3.05) is 13.2 Å². The molecule has 1 aliphatic carbocycles. The minimum atomic E-state index is 0.490. The van der Waals surface area contributed by atoms with Gasteiger partial charge in [-0.15, -0.1) is 0 Å². The number of nitrogens with one attached hydrogen (secondary N) is 1. The maximum absolute atomic E-state index is 5.48. The van der Waals surface area contributed by atoms with Crippen LogP contribution < -0.4 is 5.32 Å².